The molecule has 0 saturated carbocycles. The number of allylic oxidation sites excluding steroid dienone is 8. The van der Waals surface area contributed by atoms with E-state index < -0.39 is 0 Å². The van der Waals surface area contributed by atoms with Crippen molar-refractivity contribution in [3.63, 3.8) is 0 Å². The molecule has 0 aliphatic rings. The van der Waals surface area contributed by atoms with Crippen LogP contribution in [0.3, 0.4) is 0 Å². The zero-order valence-corrected chi connectivity index (χ0v) is 46.9. The van der Waals surface area contributed by atoms with E-state index >= 15 is 0 Å². The van der Waals surface area contributed by atoms with E-state index in [9.17, 15) is 0 Å². The molecule has 0 fully saturated rings. The Kier molecular flexibility index (Phi) is 174. The van der Waals surface area contributed by atoms with Gasteiger partial charge in [-0.1, -0.05) is 63.6 Å². The Bertz CT molecular complexity index is 1910. The molecule has 0 aromatic rings. The van der Waals surface area contributed by atoms with Crippen molar-refractivity contribution in [2.45, 2.75) is 171 Å². The van der Waals surface area contributed by atoms with E-state index in [1.807, 2.05) is 139 Å². The number of hydrogen-bond donors (Lipinski definition) is 1. The molecule has 0 radical (unpaired) electrons. The van der Waals surface area contributed by atoms with Gasteiger partial charge in [-0.3, -0.25) is 0 Å². The topological polar surface area (TPSA) is 404 Å². The van der Waals surface area contributed by atoms with Crippen molar-refractivity contribution in [3.8, 4) is 98.1 Å². The second-order valence-corrected chi connectivity index (χ2v) is 12.9. The van der Waals surface area contributed by atoms with E-state index in [4.69, 9.17) is 88.4 Å². The second kappa shape index (κ2) is 131. The van der Waals surface area contributed by atoms with Crippen LogP contribution in [0.15, 0.2) is 61.3 Å². The molecule has 0 aliphatic carbocycles. The summed E-state index contributed by atoms with van der Waals surface area (Å²) < 4.78 is 5.69. The van der Waals surface area contributed by atoms with Crippen molar-refractivity contribution in [2.24, 2.45) is 23.7 Å². The van der Waals surface area contributed by atoms with Crippen LogP contribution in [0.25, 0.3) is 0 Å². The summed E-state index contributed by atoms with van der Waals surface area (Å²) in [5.41, 5.74) is 0.773. The molecule has 0 bridgehead atoms. The van der Waals surface area contributed by atoms with Crippen molar-refractivity contribution in [3.05, 3.63) is 61.3 Å². The Labute approximate surface area is 458 Å². The van der Waals surface area contributed by atoms with Gasteiger partial charge in [-0.25, -0.2) is 10.5 Å². The molecule has 0 saturated heterocycles. The fourth-order valence-electron chi connectivity index (χ4n) is 2.37. The minimum absolute atomic E-state index is 0.00463. The van der Waals surface area contributed by atoms with Crippen LogP contribution < -0.4 is 0 Å². The van der Waals surface area contributed by atoms with Gasteiger partial charge in [0.05, 0.1) is 110 Å². The molecular formula is C56H79N17V. The number of nitriles is 16. The molecule has 0 aromatic carbocycles. The molecule has 18 heteroatoms. The van der Waals surface area contributed by atoms with Crippen molar-refractivity contribution in [1.29, 1.82) is 88.4 Å². The molecule has 4 atom stereocenters. The van der Waals surface area contributed by atoms with Gasteiger partial charge >= 0.3 is 21.4 Å². The van der Waals surface area contributed by atoms with Gasteiger partial charge in [-0.2, -0.15) is 73.7 Å². The molecule has 1 N–H and O–H groups in total. The summed E-state index contributed by atoms with van der Waals surface area (Å²) in [6.07, 6.45) is 24.4. The first-order valence-electron chi connectivity index (χ1n) is 22.9. The van der Waals surface area contributed by atoms with Crippen LogP contribution >= 0.6 is 0 Å². The molecule has 0 aromatic heterocycles. The predicted octanol–water partition coefficient (Wildman–Crippen LogP) is 15.5. The maximum absolute atomic E-state index is 8.26. The SMILES string of the molecule is C#N.C#N.C/C=C(/C)C#N.C/C=C\CC#N.C=CC(C)C#N.C=CCCC#N.CC(C#N)CCC#N.CC(C#N)CCC#N.CC/C=C/C#N.CCC(C#N)CC#N.CCCCC#N.N#CCCCCC#N.[NH]=[V]. The van der Waals surface area contributed by atoms with Gasteiger partial charge < -0.3 is 0 Å². The standard InChI is InChI=1S/4C6H8N2.2C5H7N.C5H9N.3C5H7N.2CHN.HN.V/c2*1-6(5-8)3-2-4-7;1-2-6(5-8)3-4-7;7-5-3-1-2-4-6-8;2*1-3-5(2)4-6;4*1-2-3-4-5-6;2*1-2;;/h3*6H,2-3H2,1H3;1-4H2;3H,1-2H3;3,5H,1H2,2H3;2-4H2,1H3;3-4H,2H2,1H3;2-3H,4H2,1H3;2H,1,3-4H2;2*1H;1H;/b;;;;5-3-;;;4-3+;3-2-;;;;;. The molecule has 393 valence electrons. The average molecular weight is 1040 g/mol. The Morgan fingerprint density at radius 1 is 0.568 bits per heavy atom. The summed E-state index contributed by atoms with van der Waals surface area (Å²) in [6.45, 7) is 30.8. The first-order chi connectivity index (χ1) is 35.6. The quantitative estimate of drug-likeness (QED) is 0.0852. The summed E-state index contributed by atoms with van der Waals surface area (Å²) in [5.74, 6) is 0.0225. The van der Waals surface area contributed by atoms with Crippen LogP contribution in [0.1, 0.15) is 171 Å². The number of rotatable bonds is 16. The van der Waals surface area contributed by atoms with Gasteiger partial charge in [-0.15, -0.1) is 13.2 Å². The van der Waals surface area contributed by atoms with E-state index in [2.05, 4.69) is 39.3 Å². The van der Waals surface area contributed by atoms with Crippen LogP contribution in [-0.2, 0) is 17.2 Å². The van der Waals surface area contributed by atoms with Gasteiger partial charge in [0.1, 0.15) is 0 Å². The summed E-state index contributed by atoms with van der Waals surface area (Å²) >= 11 is 1.56. The molecule has 17 nitrogen and oxygen atoms in total. The van der Waals surface area contributed by atoms with Crippen molar-refractivity contribution in [1.82, 2.24) is 0 Å². The number of hydrogen-bond acceptors (Lipinski definition) is 17. The van der Waals surface area contributed by atoms with Crippen LogP contribution in [0, 0.1) is 210 Å². The molecule has 74 heavy (non-hydrogen) atoms. The zero-order valence-electron chi connectivity index (χ0n) is 45.5. The first kappa shape index (κ1) is 98.4. The molecule has 0 amide bonds. The fourth-order valence-corrected chi connectivity index (χ4v) is 2.37. The van der Waals surface area contributed by atoms with E-state index in [0.717, 1.165) is 56.9 Å². The molecule has 0 heterocycles. The van der Waals surface area contributed by atoms with Crippen LogP contribution in [0.2, 0.25) is 0 Å². The third-order valence-electron chi connectivity index (χ3n) is 6.80. The van der Waals surface area contributed by atoms with E-state index in [-0.39, 0.29) is 23.7 Å². The summed E-state index contributed by atoms with van der Waals surface area (Å²) in [4.78, 5) is 0. The summed E-state index contributed by atoms with van der Waals surface area (Å²) in [6, 6.07) is 28.0. The number of nitrogens with zero attached hydrogens (tertiary/aromatic N) is 16. The van der Waals surface area contributed by atoms with Gasteiger partial charge in [0.15, 0.2) is 0 Å². The van der Waals surface area contributed by atoms with E-state index in [1.165, 1.54) is 6.08 Å². The Balaban J connectivity index is -0.0000000503. The number of nitrogens with one attached hydrogen (secondary N) is 1. The third-order valence-corrected chi connectivity index (χ3v) is 6.80. The van der Waals surface area contributed by atoms with Crippen molar-refractivity contribution < 1.29 is 17.2 Å². The van der Waals surface area contributed by atoms with Crippen molar-refractivity contribution >= 4 is 0 Å². The van der Waals surface area contributed by atoms with E-state index in [0.29, 0.717) is 57.8 Å². The Morgan fingerprint density at radius 2 is 0.986 bits per heavy atom. The Morgan fingerprint density at radius 3 is 1.12 bits per heavy atom. The Hall–Kier alpha value is -9.08. The average Bonchev–Trinajstić information content (AvgIpc) is 3.46. The fraction of sp³-hybridized carbons (Fsp3) is 0.536. The number of unbranched alkanes of at least 4 members (excludes halogenated alkanes) is 6. The van der Waals surface area contributed by atoms with Crippen LogP contribution in [0.4, 0.5) is 0 Å². The molecular weight excluding hydrogens is 962 g/mol. The van der Waals surface area contributed by atoms with Crippen LogP contribution in [0.5, 0.6) is 0 Å². The minimum atomic E-state index is -0.0556. The zero-order chi connectivity index (χ0) is 60.8. The van der Waals surface area contributed by atoms with Gasteiger partial charge in [0.25, 0.3) is 0 Å². The monoisotopic (exact) mass is 1040 g/mol. The van der Waals surface area contributed by atoms with Crippen molar-refractivity contribution in [2.75, 3.05) is 0 Å². The third kappa shape index (κ3) is 198. The van der Waals surface area contributed by atoms with Gasteiger partial charge in [0, 0.05) is 75.2 Å². The predicted molar refractivity (Wildman–Crippen MR) is 285 cm³/mol. The molecule has 4 unspecified atom stereocenters. The second-order valence-electron chi connectivity index (χ2n) is 12.9. The van der Waals surface area contributed by atoms with Crippen LogP contribution in [-0.4, -0.2) is 0 Å². The first-order valence-corrected chi connectivity index (χ1v) is 23.6. The van der Waals surface area contributed by atoms with E-state index in [1.54, 1.807) is 49.3 Å². The maximum atomic E-state index is 8.26. The summed E-state index contributed by atoms with van der Waals surface area (Å²) in [7, 11) is 0. The summed E-state index contributed by atoms with van der Waals surface area (Å²) in [5, 5.41) is 126. The van der Waals surface area contributed by atoms with Gasteiger partial charge in [0.2, 0.25) is 0 Å². The molecule has 0 rings (SSSR count). The normalized spacial score (nSPS) is 8.92. The molecule has 0 spiro atoms. The molecule has 0 aliphatic heterocycles. The van der Waals surface area contributed by atoms with Gasteiger partial charge in [-0.05, 0) is 92.9 Å².